The van der Waals surface area contributed by atoms with Crippen molar-refractivity contribution >= 4 is 17.7 Å². The van der Waals surface area contributed by atoms with Gasteiger partial charge < -0.3 is 19.5 Å². The Balaban J connectivity index is 1.65. The molecule has 0 bridgehead atoms. The topological polar surface area (TPSA) is 69.7 Å². The van der Waals surface area contributed by atoms with Crippen molar-refractivity contribution in [1.29, 1.82) is 0 Å². The molecule has 1 amide bonds. The van der Waals surface area contributed by atoms with Crippen molar-refractivity contribution < 1.29 is 32.2 Å². The van der Waals surface area contributed by atoms with E-state index in [9.17, 15) is 18.0 Å². The molecule has 160 valence electrons. The van der Waals surface area contributed by atoms with E-state index in [0.717, 1.165) is 0 Å². The summed E-state index contributed by atoms with van der Waals surface area (Å²) >= 11 is 0. The number of carbonyl (C=O) groups excluding carboxylic acids is 1. The number of pyridine rings is 1. The monoisotopic (exact) mass is 430 g/mol. The third kappa shape index (κ3) is 6.23. The van der Waals surface area contributed by atoms with Crippen LogP contribution >= 0.6 is 0 Å². The highest BCUT2D eigenvalue weighted by Crippen LogP contribution is 2.31. The Kier molecular flexibility index (Phi) is 7.10. The van der Waals surface area contributed by atoms with Gasteiger partial charge in [0.2, 0.25) is 5.91 Å². The molecule has 1 heterocycles. The zero-order valence-corrected chi connectivity index (χ0v) is 16.2. The highest BCUT2D eigenvalue weighted by Gasteiger charge is 2.12. The number of anilines is 1. The van der Waals surface area contributed by atoms with Crippen LogP contribution in [0.3, 0.4) is 0 Å². The normalized spacial score (nSPS) is 10.9. The number of aromatic nitrogens is 1. The second-order valence-electron chi connectivity index (χ2n) is 6.05. The molecule has 6 nitrogen and oxygen atoms in total. The SMILES string of the molecule is COc1ccc(NC(=O)/C=C/c2ccc(Oc3cccnc3)c(F)c2)cc1OC(F)F. The molecule has 0 aliphatic carbocycles. The summed E-state index contributed by atoms with van der Waals surface area (Å²) < 4.78 is 54.0. The fraction of sp³-hybridized carbons (Fsp3) is 0.0909. The summed E-state index contributed by atoms with van der Waals surface area (Å²) in [5, 5.41) is 2.50. The number of amides is 1. The molecule has 2 aromatic carbocycles. The summed E-state index contributed by atoms with van der Waals surface area (Å²) in [7, 11) is 1.31. The number of nitrogens with zero attached hydrogens (tertiary/aromatic N) is 1. The van der Waals surface area contributed by atoms with Gasteiger partial charge in [-0.1, -0.05) is 6.07 Å². The lowest BCUT2D eigenvalue weighted by atomic mass is 10.2. The van der Waals surface area contributed by atoms with Gasteiger partial charge in [0.1, 0.15) is 5.75 Å². The van der Waals surface area contributed by atoms with Crippen molar-refractivity contribution in [3.63, 3.8) is 0 Å². The van der Waals surface area contributed by atoms with E-state index in [-0.39, 0.29) is 22.9 Å². The highest BCUT2D eigenvalue weighted by molar-refractivity contribution is 6.02. The largest absolute Gasteiger partial charge is 0.493 e. The van der Waals surface area contributed by atoms with Gasteiger partial charge >= 0.3 is 6.61 Å². The Labute approximate surface area is 175 Å². The van der Waals surface area contributed by atoms with Crippen LogP contribution in [0.4, 0.5) is 18.9 Å². The Hall–Kier alpha value is -4.01. The Morgan fingerprint density at radius 3 is 2.58 bits per heavy atom. The van der Waals surface area contributed by atoms with Gasteiger partial charge in [-0.15, -0.1) is 0 Å². The van der Waals surface area contributed by atoms with Gasteiger partial charge in [-0.2, -0.15) is 8.78 Å². The zero-order valence-electron chi connectivity index (χ0n) is 16.2. The number of ether oxygens (including phenoxy) is 3. The standard InChI is InChI=1S/C22H17F3N2O4/c1-29-19-8-6-15(12-20(19)31-22(24)25)27-21(28)9-5-14-4-7-18(17(23)11-14)30-16-3-2-10-26-13-16/h2-13,22H,1H3,(H,27,28)/b9-5+. The van der Waals surface area contributed by atoms with Gasteiger partial charge in [0.05, 0.1) is 13.3 Å². The van der Waals surface area contributed by atoms with Gasteiger partial charge in [0.15, 0.2) is 23.1 Å². The first-order chi connectivity index (χ1) is 14.9. The molecule has 3 aromatic rings. The Bertz CT molecular complexity index is 1080. The number of benzene rings is 2. The number of hydrogen-bond acceptors (Lipinski definition) is 5. The van der Waals surface area contributed by atoms with E-state index in [1.807, 2.05) is 0 Å². The summed E-state index contributed by atoms with van der Waals surface area (Å²) in [6, 6.07) is 11.6. The molecule has 1 N–H and O–H groups in total. The van der Waals surface area contributed by atoms with E-state index in [1.54, 1.807) is 24.4 Å². The fourth-order valence-corrected chi connectivity index (χ4v) is 2.54. The van der Waals surface area contributed by atoms with Gasteiger partial charge in [-0.3, -0.25) is 9.78 Å². The van der Waals surface area contributed by atoms with Gasteiger partial charge in [-0.05, 0) is 48.0 Å². The second kappa shape index (κ2) is 10.1. The molecule has 9 heteroatoms. The molecule has 0 aliphatic heterocycles. The summed E-state index contributed by atoms with van der Waals surface area (Å²) in [5.74, 6) is -0.888. The molecular weight excluding hydrogens is 413 g/mol. The number of methoxy groups -OCH3 is 1. The van der Waals surface area contributed by atoms with Crippen LogP contribution in [0.5, 0.6) is 23.0 Å². The molecule has 0 fully saturated rings. The van der Waals surface area contributed by atoms with Gasteiger partial charge in [0, 0.05) is 24.0 Å². The number of halogens is 3. The van der Waals surface area contributed by atoms with Crippen LogP contribution in [0.2, 0.25) is 0 Å². The molecule has 0 saturated carbocycles. The third-order valence-corrected chi connectivity index (χ3v) is 3.89. The van der Waals surface area contributed by atoms with E-state index in [1.165, 1.54) is 55.8 Å². The van der Waals surface area contributed by atoms with Crippen LogP contribution in [-0.4, -0.2) is 24.6 Å². The van der Waals surface area contributed by atoms with Crippen molar-refractivity contribution in [3.05, 3.63) is 78.4 Å². The number of hydrogen-bond donors (Lipinski definition) is 1. The molecule has 0 spiro atoms. The van der Waals surface area contributed by atoms with E-state index in [2.05, 4.69) is 15.0 Å². The maximum atomic E-state index is 14.3. The Morgan fingerprint density at radius 2 is 1.90 bits per heavy atom. The van der Waals surface area contributed by atoms with Crippen molar-refractivity contribution in [2.75, 3.05) is 12.4 Å². The predicted octanol–water partition coefficient (Wildman–Crippen LogP) is 5.27. The van der Waals surface area contributed by atoms with E-state index >= 15 is 0 Å². The summed E-state index contributed by atoms with van der Waals surface area (Å²) in [4.78, 5) is 16.0. The zero-order chi connectivity index (χ0) is 22.2. The molecule has 31 heavy (non-hydrogen) atoms. The quantitative estimate of drug-likeness (QED) is 0.493. The predicted molar refractivity (Wildman–Crippen MR) is 108 cm³/mol. The maximum Gasteiger partial charge on any atom is 0.387 e. The number of rotatable bonds is 8. The van der Waals surface area contributed by atoms with E-state index < -0.39 is 18.3 Å². The number of nitrogens with one attached hydrogen (secondary N) is 1. The van der Waals surface area contributed by atoms with Gasteiger partial charge in [-0.25, -0.2) is 4.39 Å². The van der Waals surface area contributed by atoms with Crippen molar-refractivity contribution in [1.82, 2.24) is 4.98 Å². The molecule has 0 atom stereocenters. The third-order valence-electron chi connectivity index (χ3n) is 3.89. The van der Waals surface area contributed by atoms with E-state index in [0.29, 0.717) is 11.3 Å². The van der Waals surface area contributed by atoms with E-state index in [4.69, 9.17) is 9.47 Å². The van der Waals surface area contributed by atoms with Crippen LogP contribution in [0.25, 0.3) is 6.08 Å². The first kappa shape index (κ1) is 21.7. The van der Waals surface area contributed by atoms with Crippen molar-refractivity contribution in [3.8, 4) is 23.0 Å². The first-order valence-electron chi connectivity index (χ1n) is 8.94. The smallest absolute Gasteiger partial charge is 0.387 e. The lowest BCUT2D eigenvalue weighted by molar-refractivity contribution is -0.111. The second-order valence-corrected chi connectivity index (χ2v) is 6.05. The first-order valence-corrected chi connectivity index (χ1v) is 8.94. The van der Waals surface area contributed by atoms with Crippen LogP contribution in [0, 0.1) is 5.82 Å². The lowest BCUT2D eigenvalue weighted by Crippen LogP contribution is -2.09. The minimum atomic E-state index is -3.04. The summed E-state index contributed by atoms with van der Waals surface area (Å²) in [6.45, 7) is -3.04. The molecule has 0 unspecified atom stereocenters. The summed E-state index contributed by atoms with van der Waals surface area (Å²) in [5.41, 5.74) is 0.639. The fourth-order valence-electron chi connectivity index (χ4n) is 2.54. The lowest BCUT2D eigenvalue weighted by Gasteiger charge is -2.11. The molecular formula is C22H17F3N2O4. The highest BCUT2D eigenvalue weighted by atomic mass is 19.3. The summed E-state index contributed by atoms with van der Waals surface area (Å²) in [6.07, 6.45) is 5.59. The average molecular weight is 430 g/mol. The minimum absolute atomic E-state index is 0.0133. The van der Waals surface area contributed by atoms with Crippen molar-refractivity contribution in [2.45, 2.75) is 6.61 Å². The Morgan fingerprint density at radius 1 is 1.10 bits per heavy atom. The molecule has 0 saturated heterocycles. The molecule has 0 aliphatic rings. The number of carbonyl (C=O) groups is 1. The average Bonchev–Trinajstić information content (AvgIpc) is 2.74. The van der Waals surface area contributed by atoms with Crippen molar-refractivity contribution in [2.24, 2.45) is 0 Å². The van der Waals surface area contributed by atoms with Crippen LogP contribution in [-0.2, 0) is 4.79 Å². The maximum absolute atomic E-state index is 14.3. The molecule has 3 rings (SSSR count). The molecule has 1 aromatic heterocycles. The number of alkyl halides is 2. The minimum Gasteiger partial charge on any atom is -0.493 e. The van der Waals surface area contributed by atoms with Crippen LogP contribution in [0.15, 0.2) is 67.0 Å². The molecule has 0 radical (unpaired) electrons. The van der Waals surface area contributed by atoms with Gasteiger partial charge in [0.25, 0.3) is 0 Å². The van der Waals surface area contributed by atoms with Crippen LogP contribution < -0.4 is 19.5 Å². The van der Waals surface area contributed by atoms with Crippen LogP contribution in [0.1, 0.15) is 5.56 Å².